The Hall–Kier alpha value is -3.37. The lowest BCUT2D eigenvalue weighted by Gasteiger charge is -2.18. The van der Waals surface area contributed by atoms with Gasteiger partial charge in [-0.2, -0.15) is 14.8 Å². The van der Waals surface area contributed by atoms with E-state index in [0.29, 0.717) is 15.7 Å². The molecular weight excluding hydrogens is 483 g/mol. The van der Waals surface area contributed by atoms with E-state index in [1.807, 2.05) is 0 Å². The van der Waals surface area contributed by atoms with Gasteiger partial charge in [-0.25, -0.2) is 9.78 Å². The van der Waals surface area contributed by atoms with Gasteiger partial charge in [0.1, 0.15) is 17.3 Å². The van der Waals surface area contributed by atoms with Crippen LogP contribution in [0.15, 0.2) is 36.8 Å². The van der Waals surface area contributed by atoms with Gasteiger partial charge in [0, 0.05) is 6.20 Å². The zero-order chi connectivity index (χ0) is 24.5. The second-order valence-corrected chi connectivity index (χ2v) is 9.37. The summed E-state index contributed by atoms with van der Waals surface area (Å²) >= 11 is 12.3. The predicted octanol–water partition coefficient (Wildman–Crippen LogP) is 5.30. The first-order chi connectivity index (χ1) is 16.1. The van der Waals surface area contributed by atoms with E-state index in [9.17, 15) is 9.59 Å². The summed E-state index contributed by atoms with van der Waals surface area (Å²) in [4.78, 5) is 33.6. The first-order valence-corrected chi connectivity index (χ1v) is 11.2. The number of carbonyl (C=O) groups excluding carboxylic acids is 2. The van der Waals surface area contributed by atoms with Gasteiger partial charge in [-0.3, -0.25) is 4.79 Å². The zero-order valence-corrected chi connectivity index (χ0v) is 20.1. The standard InChI is InChI=1S/C22H22Cl2N6O4/c1-22(2,3)34-21(32)30-11-12(9-26-30)27-20-25-10-14(19(29-20)33-13-7-8-13)18(31)28-17-15(23)5-4-6-16(17)24/h4-6,9-11,13H,7-8H2,1-3H3,(H,28,31)(H,25,27,29). The summed E-state index contributed by atoms with van der Waals surface area (Å²) in [6.45, 7) is 5.29. The van der Waals surface area contributed by atoms with Gasteiger partial charge >= 0.3 is 6.09 Å². The van der Waals surface area contributed by atoms with Crippen molar-refractivity contribution in [3.05, 3.63) is 52.4 Å². The number of nitrogens with zero attached hydrogens (tertiary/aromatic N) is 4. The van der Waals surface area contributed by atoms with Gasteiger partial charge in [0.05, 0.1) is 33.8 Å². The Kier molecular flexibility index (Phi) is 6.63. The summed E-state index contributed by atoms with van der Waals surface area (Å²) in [5.41, 5.74) is 0.200. The molecule has 1 saturated carbocycles. The average molecular weight is 505 g/mol. The number of carbonyl (C=O) groups is 2. The third kappa shape index (κ3) is 5.95. The second-order valence-electron chi connectivity index (χ2n) is 8.56. The summed E-state index contributed by atoms with van der Waals surface area (Å²) in [5.74, 6) is -0.248. The van der Waals surface area contributed by atoms with E-state index in [0.717, 1.165) is 17.5 Å². The van der Waals surface area contributed by atoms with E-state index in [2.05, 4.69) is 25.7 Å². The van der Waals surface area contributed by atoms with Crippen molar-refractivity contribution in [3.63, 3.8) is 0 Å². The van der Waals surface area contributed by atoms with Crippen LogP contribution in [-0.2, 0) is 4.74 Å². The van der Waals surface area contributed by atoms with Crippen LogP contribution in [0.25, 0.3) is 0 Å². The fraction of sp³-hybridized carbons (Fsp3) is 0.318. The highest BCUT2D eigenvalue weighted by Gasteiger charge is 2.28. The lowest BCUT2D eigenvalue weighted by molar-refractivity contribution is 0.0514. The van der Waals surface area contributed by atoms with E-state index in [4.69, 9.17) is 32.7 Å². The Labute approximate surface area is 205 Å². The summed E-state index contributed by atoms with van der Waals surface area (Å²) in [7, 11) is 0. The van der Waals surface area contributed by atoms with Gasteiger partial charge in [-0.05, 0) is 45.7 Å². The summed E-state index contributed by atoms with van der Waals surface area (Å²) in [6, 6.07) is 4.91. The predicted molar refractivity (Wildman–Crippen MR) is 127 cm³/mol. The van der Waals surface area contributed by atoms with Gasteiger partial charge in [0.25, 0.3) is 5.91 Å². The Balaban J connectivity index is 1.53. The van der Waals surface area contributed by atoms with Crippen LogP contribution in [0.5, 0.6) is 5.88 Å². The molecule has 4 rings (SSSR count). The molecule has 0 spiro atoms. The molecule has 1 amide bonds. The number of amides is 1. The van der Waals surface area contributed by atoms with Crippen LogP contribution in [0.1, 0.15) is 44.0 Å². The van der Waals surface area contributed by atoms with Crippen LogP contribution in [0, 0.1) is 0 Å². The minimum Gasteiger partial charge on any atom is -0.474 e. The Bertz CT molecular complexity index is 1220. The quantitative estimate of drug-likeness (QED) is 0.463. The number of nitrogens with one attached hydrogen (secondary N) is 2. The minimum atomic E-state index is -0.653. The van der Waals surface area contributed by atoms with Gasteiger partial charge in [0.15, 0.2) is 0 Å². The summed E-state index contributed by atoms with van der Waals surface area (Å²) in [5, 5.41) is 10.2. The Morgan fingerprint density at radius 2 is 1.85 bits per heavy atom. The molecule has 2 heterocycles. The van der Waals surface area contributed by atoms with Crippen LogP contribution in [-0.4, -0.2) is 43.5 Å². The van der Waals surface area contributed by atoms with Gasteiger partial charge in [-0.1, -0.05) is 29.3 Å². The highest BCUT2D eigenvalue weighted by Crippen LogP contribution is 2.32. The SMILES string of the molecule is CC(C)(C)OC(=O)n1cc(Nc2ncc(C(=O)Nc3c(Cl)cccc3Cl)c(OC3CC3)n2)cn1. The van der Waals surface area contributed by atoms with Gasteiger partial charge in [0.2, 0.25) is 11.8 Å². The van der Waals surface area contributed by atoms with E-state index >= 15 is 0 Å². The van der Waals surface area contributed by atoms with Crippen molar-refractivity contribution in [3.8, 4) is 5.88 Å². The topological polar surface area (TPSA) is 120 Å². The number of ether oxygens (including phenoxy) is 2. The summed E-state index contributed by atoms with van der Waals surface area (Å²) < 4.78 is 12.2. The molecule has 0 radical (unpaired) electrons. The number of benzene rings is 1. The molecule has 178 valence electrons. The van der Waals surface area contributed by atoms with Crippen molar-refractivity contribution in [2.45, 2.75) is 45.3 Å². The number of hydrogen-bond donors (Lipinski definition) is 2. The smallest absolute Gasteiger partial charge is 0.435 e. The molecule has 10 nitrogen and oxygen atoms in total. The maximum atomic E-state index is 12.9. The molecule has 0 atom stereocenters. The van der Waals surface area contributed by atoms with Crippen molar-refractivity contribution in [2.24, 2.45) is 0 Å². The molecule has 1 aliphatic carbocycles. The lowest BCUT2D eigenvalue weighted by Crippen LogP contribution is -2.27. The molecule has 12 heteroatoms. The third-order valence-corrected chi connectivity index (χ3v) is 5.05. The average Bonchev–Trinajstić information content (AvgIpc) is 3.44. The van der Waals surface area contributed by atoms with Crippen molar-refractivity contribution < 1.29 is 19.1 Å². The van der Waals surface area contributed by atoms with Crippen LogP contribution in [0.2, 0.25) is 10.0 Å². The maximum Gasteiger partial charge on any atom is 0.435 e. The fourth-order valence-electron chi connectivity index (χ4n) is 2.74. The fourth-order valence-corrected chi connectivity index (χ4v) is 3.23. The molecule has 0 unspecified atom stereocenters. The monoisotopic (exact) mass is 504 g/mol. The van der Waals surface area contributed by atoms with E-state index in [-0.39, 0.29) is 29.2 Å². The first kappa shape index (κ1) is 23.8. The maximum absolute atomic E-state index is 12.9. The largest absolute Gasteiger partial charge is 0.474 e. The molecule has 1 aliphatic rings. The third-order valence-electron chi connectivity index (χ3n) is 4.42. The van der Waals surface area contributed by atoms with Crippen LogP contribution < -0.4 is 15.4 Å². The molecule has 1 aromatic carbocycles. The number of halogens is 2. The molecule has 1 fully saturated rings. The minimum absolute atomic E-state index is 0.0203. The van der Waals surface area contributed by atoms with Gasteiger partial charge < -0.3 is 20.1 Å². The Morgan fingerprint density at radius 3 is 2.50 bits per heavy atom. The first-order valence-electron chi connectivity index (χ1n) is 10.4. The zero-order valence-electron chi connectivity index (χ0n) is 18.6. The molecule has 0 bridgehead atoms. The van der Waals surface area contributed by atoms with Crippen molar-refractivity contribution in [1.82, 2.24) is 19.7 Å². The number of aromatic nitrogens is 4. The Morgan fingerprint density at radius 1 is 1.15 bits per heavy atom. The molecular formula is C22H22Cl2N6O4. The normalized spacial score (nSPS) is 13.3. The molecule has 0 saturated heterocycles. The van der Waals surface area contributed by atoms with Crippen LogP contribution >= 0.6 is 23.2 Å². The van der Waals surface area contributed by atoms with Gasteiger partial charge in [-0.15, -0.1) is 0 Å². The lowest BCUT2D eigenvalue weighted by atomic mass is 10.2. The van der Waals surface area contributed by atoms with E-state index in [1.165, 1.54) is 18.6 Å². The molecule has 2 aromatic heterocycles. The number of hydrogen-bond acceptors (Lipinski definition) is 8. The molecule has 2 N–H and O–H groups in total. The second kappa shape index (κ2) is 9.47. The number of rotatable bonds is 6. The van der Waals surface area contributed by atoms with Crippen molar-refractivity contribution in [2.75, 3.05) is 10.6 Å². The van der Waals surface area contributed by atoms with Crippen molar-refractivity contribution >= 4 is 52.5 Å². The van der Waals surface area contributed by atoms with E-state index in [1.54, 1.807) is 39.0 Å². The number of para-hydroxylation sites is 1. The molecule has 3 aromatic rings. The summed E-state index contributed by atoms with van der Waals surface area (Å²) in [6.07, 6.45) is 5.30. The van der Waals surface area contributed by atoms with Crippen molar-refractivity contribution in [1.29, 1.82) is 0 Å². The van der Waals surface area contributed by atoms with Crippen LogP contribution in [0.4, 0.5) is 22.1 Å². The van der Waals surface area contributed by atoms with Crippen LogP contribution in [0.3, 0.4) is 0 Å². The highest BCUT2D eigenvalue weighted by molar-refractivity contribution is 6.40. The molecule has 34 heavy (non-hydrogen) atoms. The number of anilines is 3. The van der Waals surface area contributed by atoms with E-state index < -0.39 is 17.6 Å². The highest BCUT2D eigenvalue weighted by atomic mass is 35.5. The molecule has 0 aliphatic heterocycles.